The summed E-state index contributed by atoms with van der Waals surface area (Å²) in [5, 5.41) is 8.71. The molecular formula is C12H26O. The summed E-state index contributed by atoms with van der Waals surface area (Å²) in [6.07, 6.45) is 7.58. The van der Waals surface area contributed by atoms with Gasteiger partial charge in [-0.2, -0.15) is 0 Å². The molecule has 0 heterocycles. The Bertz CT molecular complexity index is 101. The van der Waals surface area contributed by atoms with Crippen molar-refractivity contribution in [3.8, 4) is 0 Å². The lowest BCUT2D eigenvalue weighted by atomic mass is 9.87. The molecule has 0 amide bonds. The van der Waals surface area contributed by atoms with Crippen molar-refractivity contribution >= 4 is 0 Å². The van der Waals surface area contributed by atoms with Gasteiger partial charge in [0.15, 0.2) is 0 Å². The summed E-state index contributed by atoms with van der Waals surface area (Å²) in [5.41, 5.74) is 0. The van der Waals surface area contributed by atoms with E-state index >= 15 is 0 Å². The summed E-state index contributed by atoms with van der Waals surface area (Å²) in [7, 11) is 0. The van der Waals surface area contributed by atoms with Gasteiger partial charge in [0, 0.05) is 6.61 Å². The molecule has 2 unspecified atom stereocenters. The van der Waals surface area contributed by atoms with Crippen molar-refractivity contribution in [1.29, 1.82) is 0 Å². The molecule has 80 valence electrons. The summed E-state index contributed by atoms with van der Waals surface area (Å²) < 4.78 is 0. The highest BCUT2D eigenvalue weighted by molar-refractivity contribution is 4.62. The van der Waals surface area contributed by atoms with Crippen LogP contribution in [0.3, 0.4) is 0 Å². The van der Waals surface area contributed by atoms with Crippen molar-refractivity contribution in [2.24, 2.45) is 11.8 Å². The second-order valence-electron chi connectivity index (χ2n) is 4.32. The van der Waals surface area contributed by atoms with E-state index < -0.39 is 0 Å². The topological polar surface area (TPSA) is 20.2 Å². The molecule has 13 heavy (non-hydrogen) atoms. The van der Waals surface area contributed by atoms with Crippen molar-refractivity contribution in [2.75, 3.05) is 6.61 Å². The average molecular weight is 186 g/mol. The Balaban J connectivity index is 3.38. The third-order valence-corrected chi connectivity index (χ3v) is 3.05. The minimum absolute atomic E-state index is 0.353. The van der Waals surface area contributed by atoms with Crippen LogP contribution in [0, 0.1) is 11.8 Å². The summed E-state index contributed by atoms with van der Waals surface area (Å²) in [6, 6.07) is 0. The number of aliphatic hydroxyl groups excluding tert-OH is 1. The van der Waals surface area contributed by atoms with E-state index in [1.165, 1.54) is 32.1 Å². The highest BCUT2D eigenvalue weighted by Crippen LogP contribution is 2.22. The molecule has 0 aliphatic heterocycles. The van der Waals surface area contributed by atoms with E-state index in [0.717, 1.165) is 18.3 Å². The summed E-state index contributed by atoms with van der Waals surface area (Å²) >= 11 is 0. The van der Waals surface area contributed by atoms with E-state index in [0.29, 0.717) is 6.61 Å². The van der Waals surface area contributed by atoms with Gasteiger partial charge in [0.2, 0.25) is 0 Å². The van der Waals surface area contributed by atoms with Crippen LogP contribution >= 0.6 is 0 Å². The fraction of sp³-hybridized carbons (Fsp3) is 1.00. The Kier molecular flexibility index (Phi) is 8.53. The second kappa shape index (κ2) is 8.55. The monoisotopic (exact) mass is 186 g/mol. The quantitative estimate of drug-likeness (QED) is 0.574. The zero-order chi connectivity index (χ0) is 10.1. The molecule has 0 saturated heterocycles. The smallest absolute Gasteiger partial charge is 0.0431 e. The minimum Gasteiger partial charge on any atom is -0.396 e. The van der Waals surface area contributed by atoms with Crippen molar-refractivity contribution in [1.82, 2.24) is 0 Å². The van der Waals surface area contributed by atoms with Gasteiger partial charge >= 0.3 is 0 Å². The molecule has 0 bridgehead atoms. The zero-order valence-corrected chi connectivity index (χ0v) is 9.55. The fourth-order valence-electron chi connectivity index (χ4n) is 1.70. The van der Waals surface area contributed by atoms with Gasteiger partial charge in [-0.25, -0.2) is 0 Å². The molecule has 0 spiro atoms. The van der Waals surface area contributed by atoms with Crippen LogP contribution in [0.4, 0.5) is 0 Å². The van der Waals surface area contributed by atoms with E-state index in [1.54, 1.807) is 0 Å². The molecule has 1 heteroatoms. The molecule has 2 atom stereocenters. The van der Waals surface area contributed by atoms with Crippen molar-refractivity contribution in [3.05, 3.63) is 0 Å². The maximum Gasteiger partial charge on any atom is 0.0431 e. The van der Waals surface area contributed by atoms with Gasteiger partial charge < -0.3 is 5.11 Å². The lowest BCUT2D eigenvalue weighted by molar-refractivity contribution is 0.252. The first-order chi connectivity index (χ1) is 6.22. The Morgan fingerprint density at radius 2 is 1.46 bits per heavy atom. The average Bonchev–Trinajstić information content (AvgIpc) is 2.14. The van der Waals surface area contributed by atoms with Gasteiger partial charge in [-0.15, -0.1) is 0 Å². The minimum atomic E-state index is 0.353. The van der Waals surface area contributed by atoms with E-state index in [9.17, 15) is 0 Å². The molecular weight excluding hydrogens is 160 g/mol. The van der Waals surface area contributed by atoms with Gasteiger partial charge in [0.25, 0.3) is 0 Å². The Labute approximate surface area is 83.5 Å². The number of hydrogen-bond acceptors (Lipinski definition) is 1. The van der Waals surface area contributed by atoms with Gasteiger partial charge in [-0.1, -0.05) is 46.5 Å². The number of rotatable bonds is 8. The summed E-state index contributed by atoms with van der Waals surface area (Å²) in [6.45, 7) is 7.26. The molecule has 0 aromatic heterocycles. The van der Waals surface area contributed by atoms with Crippen LogP contribution in [-0.2, 0) is 0 Å². The first-order valence-electron chi connectivity index (χ1n) is 5.83. The lowest BCUT2D eigenvalue weighted by Crippen LogP contribution is -2.08. The van der Waals surface area contributed by atoms with E-state index in [-0.39, 0.29) is 0 Å². The molecule has 0 saturated carbocycles. The lowest BCUT2D eigenvalue weighted by Gasteiger charge is -2.19. The molecule has 0 aromatic rings. The molecule has 0 fully saturated rings. The van der Waals surface area contributed by atoms with Gasteiger partial charge in [0.05, 0.1) is 0 Å². The molecule has 1 nitrogen and oxygen atoms in total. The third-order valence-electron chi connectivity index (χ3n) is 3.05. The fourth-order valence-corrected chi connectivity index (χ4v) is 1.70. The van der Waals surface area contributed by atoms with Crippen LogP contribution in [0.25, 0.3) is 0 Å². The SMILES string of the molecule is CCCCCC(C)C(C)CCCO. The summed E-state index contributed by atoms with van der Waals surface area (Å²) in [5.74, 6) is 1.61. The molecule has 0 rings (SSSR count). The van der Waals surface area contributed by atoms with E-state index in [1.807, 2.05) is 0 Å². The maximum absolute atomic E-state index is 8.71. The Morgan fingerprint density at radius 1 is 0.923 bits per heavy atom. The van der Waals surface area contributed by atoms with E-state index in [4.69, 9.17) is 5.11 Å². The predicted octanol–water partition coefficient (Wildman–Crippen LogP) is 3.61. The Hall–Kier alpha value is -0.0400. The molecule has 1 N–H and O–H groups in total. The highest BCUT2D eigenvalue weighted by atomic mass is 16.2. The normalized spacial score (nSPS) is 15.7. The maximum atomic E-state index is 8.71. The van der Waals surface area contributed by atoms with Crippen LogP contribution in [0.15, 0.2) is 0 Å². The van der Waals surface area contributed by atoms with Crippen LogP contribution < -0.4 is 0 Å². The second-order valence-corrected chi connectivity index (χ2v) is 4.32. The Morgan fingerprint density at radius 3 is 1.92 bits per heavy atom. The van der Waals surface area contributed by atoms with Crippen LogP contribution in [0.5, 0.6) is 0 Å². The van der Waals surface area contributed by atoms with Gasteiger partial charge in [-0.3, -0.25) is 0 Å². The number of hydrogen-bond donors (Lipinski definition) is 1. The van der Waals surface area contributed by atoms with Crippen molar-refractivity contribution in [3.63, 3.8) is 0 Å². The molecule has 0 radical (unpaired) electrons. The van der Waals surface area contributed by atoms with E-state index in [2.05, 4.69) is 20.8 Å². The summed E-state index contributed by atoms with van der Waals surface area (Å²) in [4.78, 5) is 0. The zero-order valence-electron chi connectivity index (χ0n) is 9.55. The number of aliphatic hydroxyl groups is 1. The van der Waals surface area contributed by atoms with Crippen molar-refractivity contribution in [2.45, 2.75) is 59.3 Å². The molecule has 0 aromatic carbocycles. The van der Waals surface area contributed by atoms with Crippen LogP contribution in [0.2, 0.25) is 0 Å². The van der Waals surface area contributed by atoms with Crippen molar-refractivity contribution < 1.29 is 5.11 Å². The van der Waals surface area contributed by atoms with Gasteiger partial charge in [0.1, 0.15) is 0 Å². The first-order valence-corrected chi connectivity index (χ1v) is 5.83. The largest absolute Gasteiger partial charge is 0.396 e. The molecule has 0 aliphatic rings. The predicted molar refractivity (Wildman–Crippen MR) is 58.8 cm³/mol. The van der Waals surface area contributed by atoms with Gasteiger partial charge in [-0.05, 0) is 24.7 Å². The van der Waals surface area contributed by atoms with Crippen LogP contribution in [0.1, 0.15) is 59.3 Å². The van der Waals surface area contributed by atoms with Crippen LogP contribution in [-0.4, -0.2) is 11.7 Å². The number of unbranched alkanes of at least 4 members (excludes halogenated alkanes) is 2. The highest BCUT2D eigenvalue weighted by Gasteiger charge is 2.10. The standard InChI is InChI=1S/C12H26O/c1-4-5-6-8-11(2)12(3)9-7-10-13/h11-13H,4-10H2,1-3H3. The molecule has 0 aliphatic carbocycles. The third kappa shape index (κ3) is 7.06. The first kappa shape index (κ1) is 13.0.